The van der Waals surface area contributed by atoms with Crippen molar-refractivity contribution in [2.24, 2.45) is 0 Å². The van der Waals surface area contributed by atoms with Gasteiger partial charge in [0.2, 0.25) is 12.1 Å². The molecule has 2 atom stereocenters. The summed E-state index contributed by atoms with van der Waals surface area (Å²) in [5, 5.41) is 23.0. The zero-order chi connectivity index (χ0) is 15.3. The molecule has 0 aliphatic rings. The monoisotopic (exact) mass is 365 g/mol. The summed E-state index contributed by atoms with van der Waals surface area (Å²) in [5.74, 6) is -0.984. The van der Waals surface area contributed by atoms with Crippen LogP contribution >= 0.6 is 27.3 Å². The Morgan fingerprint density at radius 2 is 2.30 bits per heavy atom. The summed E-state index contributed by atoms with van der Waals surface area (Å²) in [6, 6.07) is 3.66. The highest BCUT2D eigenvalue weighted by Gasteiger charge is 2.49. The van der Waals surface area contributed by atoms with Crippen LogP contribution in [-0.4, -0.2) is 39.1 Å². The third-order valence-corrected chi connectivity index (χ3v) is 4.52. The summed E-state index contributed by atoms with van der Waals surface area (Å²) in [6.45, 7) is 2.33. The van der Waals surface area contributed by atoms with E-state index in [2.05, 4.69) is 15.9 Å². The minimum atomic E-state index is -2.20. The molecule has 0 bridgehead atoms. The van der Waals surface area contributed by atoms with Gasteiger partial charge in [-0.05, 0) is 31.7 Å². The molecule has 8 heteroatoms. The maximum Gasteiger partial charge on any atom is 0.346 e. The van der Waals surface area contributed by atoms with Gasteiger partial charge in [-0.25, -0.2) is 4.79 Å². The van der Waals surface area contributed by atoms with Crippen molar-refractivity contribution in [3.63, 3.8) is 0 Å². The summed E-state index contributed by atoms with van der Waals surface area (Å²) < 4.78 is 4.94. The van der Waals surface area contributed by atoms with Crippen LogP contribution in [0.25, 0.3) is 0 Å². The standard InChI is InChI=1S/C12H16BrNO5S/c1-8(2)19-11(15)12(16,7-14(17)18)10(13)6-9-4-3-5-20-9/h3-5,8,10,16H,6-7H2,1-2H3/t10-,12+/m1/s1. The Hall–Kier alpha value is -0.990. The molecule has 1 aromatic heterocycles. The molecule has 0 unspecified atom stereocenters. The molecular formula is C12H16BrNO5S. The molecule has 20 heavy (non-hydrogen) atoms. The van der Waals surface area contributed by atoms with E-state index < -0.39 is 34.0 Å². The summed E-state index contributed by atoms with van der Waals surface area (Å²) in [5.41, 5.74) is -2.20. The van der Waals surface area contributed by atoms with Crippen LogP contribution in [0.2, 0.25) is 0 Å². The first-order chi connectivity index (χ1) is 9.25. The number of esters is 1. The van der Waals surface area contributed by atoms with Crippen LogP contribution in [0, 0.1) is 10.1 Å². The first-order valence-corrected chi connectivity index (χ1v) is 7.77. The molecule has 0 amide bonds. The fourth-order valence-corrected chi connectivity index (χ4v) is 3.23. The van der Waals surface area contributed by atoms with Gasteiger partial charge in [0.05, 0.1) is 10.9 Å². The normalized spacial score (nSPS) is 15.7. The Kier molecular flexibility index (Phi) is 6.09. The van der Waals surface area contributed by atoms with Crippen molar-refractivity contribution in [2.45, 2.75) is 36.8 Å². The fraction of sp³-hybridized carbons (Fsp3) is 0.583. The van der Waals surface area contributed by atoms with Crippen molar-refractivity contribution in [1.29, 1.82) is 0 Å². The van der Waals surface area contributed by atoms with E-state index in [0.717, 1.165) is 4.88 Å². The van der Waals surface area contributed by atoms with E-state index in [0.29, 0.717) is 6.42 Å². The van der Waals surface area contributed by atoms with Gasteiger partial charge in [-0.1, -0.05) is 22.0 Å². The largest absolute Gasteiger partial charge is 0.461 e. The zero-order valence-electron chi connectivity index (χ0n) is 11.1. The Labute approximate surface area is 129 Å². The highest BCUT2D eigenvalue weighted by Crippen LogP contribution is 2.26. The Morgan fingerprint density at radius 3 is 2.75 bits per heavy atom. The number of nitrogens with zero attached hydrogens (tertiary/aromatic N) is 1. The lowest BCUT2D eigenvalue weighted by atomic mass is 9.97. The maximum absolute atomic E-state index is 12.0. The number of aliphatic hydroxyl groups is 1. The van der Waals surface area contributed by atoms with Crippen LogP contribution in [0.5, 0.6) is 0 Å². The molecule has 1 rings (SSSR count). The van der Waals surface area contributed by atoms with E-state index in [1.165, 1.54) is 11.3 Å². The van der Waals surface area contributed by atoms with Crippen LogP contribution in [0.1, 0.15) is 18.7 Å². The van der Waals surface area contributed by atoms with Gasteiger partial charge in [0.15, 0.2) is 0 Å². The van der Waals surface area contributed by atoms with E-state index in [-0.39, 0.29) is 0 Å². The van der Waals surface area contributed by atoms with Gasteiger partial charge in [0.25, 0.3) is 0 Å². The Bertz CT molecular complexity index is 464. The van der Waals surface area contributed by atoms with Crippen molar-refractivity contribution in [2.75, 3.05) is 6.54 Å². The molecule has 0 radical (unpaired) electrons. The van der Waals surface area contributed by atoms with Gasteiger partial charge < -0.3 is 9.84 Å². The molecule has 0 aliphatic carbocycles. The average molecular weight is 366 g/mol. The van der Waals surface area contributed by atoms with Crippen LogP contribution in [0.4, 0.5) is 0 Å². The van der Waals surface area contributed by atoms with Crippen molar-refractivity contribution in [1.82, 2.24) is 0 Å². The quantitative estimate of drug-likeness (QED) is 0.345. The summed E-state index contributed by atoms with van der Waals surface area (Å²) in [6.07, 6.45) is -0.155. The Morgan fingerprint density at radius 1 is 1.65 bits per heavy atom. The molecule has 1 N–H and O–H groups in total. The summed E-state index contributed by atoms with van der Waals surface area (Å²) >= 11 is 4.64. The molecule has 0 spiro atoms. The van der Waals surface area contributed by atoms with Crippen LogP contribution in [0.15, 0.2) is 17.5 Å². The SMILES string of the molecule is CC(C)OC(=O)[C@](O)(C[N+](=O)[O-])[C@H](Br)Cc1cccs1. The van der Waals surface area contributed by atoms with Crippen molar-refractivity contribution in [3.8, 4) is 0 Å². The first kappa shape index (κ1) is 17.1. The van der Waals surface area contributed by atoms with Crippen molar-refractivity contribution in [3.05, 3.63) is 32.5 Å². The number of ether oxygens (including phenoxy) is 1. The van der Waals surface area contributed by atoms with E-state index in [1.807, 2.05) is 17.5 Å². The summed E-state index contributed by atoms with van der Waals surface area (Å²) in [4.78, 5) is 22.1. The van der Waals surface area contributed by atoms with Crippen LogP contribution in [0.3, 0.4) is 0 Å². The topological polar surface area (TPSA) is 89.7 Å². The minimum absolute atomic E-state index is 0.301. The maximum atomic E-state index is 12.0. The number of hydrogen-bond acceptors (Lipinski definition) is 6. The van der Waals surface area contributed by atoms with Gasteiger partial charge in [-0.2, -0.15) is 0 Å². The molecule has 1 aromatic rings. The highest BCUT2D eigenvalue weighted by atomic mass is 79.9. The molecule has 0 fully saturated rings. The third kappa shape index (κ3) is 4.53. The number of nitro groups is 1. The molecule has 112 valence electrons. The number of halogens is 1. The highest BCUT2D eigenvalue weighted by molar-refractivity contribution is 9.09. The van der Waals surface area contributed by atoms with Gasteiger partial charge in [-0.3, -0.25) is 10.1 Å². The Balaban J connectivity index is 2.91. The van der Waals surface area contributed by atoms with Crippen LogP contribution in [-0.2, 0) is 16.0 Å². The number of carbonyl (C=O) groups excluding carboxylic acids is 1. The second-order valence-electron chi connectivity index (χ2n) is 4.62. The number of hydrogen-bond donors (Lipinski definition) is 1. The summed E-state index contributed by atoms with van der Waals surface area (Å²) in [7, 11) is 0. The number of carbonyl (C=O) groups is 1. The van der Waals surface area contributed by atoms with Gasteiger partial charge in [0.1, 0.15) is 0 Å². The molecule has 0 aliphatic heterocycles. The van der Waals surface area contributed by atoms with Gasteiger partial charge in [-0.15, -0.1) is 11.3 Å². The third-order valence-electron chi connectivity index (χ3n) is 2.55. The molecule has 0 aromatic carbocycles. The second-order valence-corrected chi connectivity index (χ2v) is 6.76. The average Bonchev–Trinajstić information content (AvgIpc) is 2.79. The number of rotatable bonds is 7. The number of alkyl halides is 1. The smallest absolute Gasteiger partial charge is 0.346 e. The minimum Gasteiger partial charge on any atom is -0.461 e. The lowest BCUT2D eigenvalue weighted by Gasteiger charge is -2.27. The molecule has 1 heterocycles. The molecule has 0 saturated carbocycles. The molecular weight excluding hydrogens is 350 g/mol. The molecule has 0 saturated heterocycles. The van der Waals surface area contributed by atoms with Gasteiger partial charge in [0, 0.05) is 9.80 Å². The van der Waals surface area contributed by atoms with Crippen LogP contribution < -0.4 is 0 Å². The van der Waals surface area contributed by atoms with Crippen molar-refractivity contribution >= 4 is 33.2 Å². The van der Waals surface area contributed by atoms with E-state index in [4.69, 9.17) is 4.74 Å². The lowest BCUT2D eigenvalue weighted by Crippen LogP contribution is -2.54. The van der Waals surface area contributed by atoms with Gasteiger partial charge >= 0.3 is 5.97 Å². The second kappa shape index (κ2) is 7.14. The van der Waals surface area contributed by atoms with E-state index in [1.54, 1.807) is 13.8 Å². The molecule has 6 nitrogen and oxygen atoms in total. The number of thiophene rings is 1. The zero-order valence-corrected chi connectivity index (χ0v) is 13.5. The predicted octanol–water partition coefficient (Wildman–Crippen LogP) is 2.01. The predicted molar refractivity (Wildman–Crippen MR) is 78.8 cm³/mol. The first-order valence-electron chi connectivity index (χ1n) is 5.97. The van der Waals surface area contributed by atoms with Crippen molar-refractivity contribution < 1.29 is 19.6 Å². The lowest BCUT2D eigenvalue weighted by molar-refractivity contribution is -0.497. The fourth-order valence-electron chi connectivity index (χ4n) is 1.58. The van der Waals surface area contributed by atoms with E-state index >= 15 is 0 Å². The van der Waals surface area contributed by atoms with E-state index in [9.17, 15) is 20.0 Å².